The highest BCUT2D eigenvalue weighted by Gasteiger charge is 2.13. The molecule has 0 bridgehead atoms. The summed E-state index contributed by atoms with van der Waals surface area (Å²) in [6.45, 7) is 2.35. The molecule has 1 unspecified atom stereocenters. The summed E-state index contributed by atoms with van der Waals surface area (Å²) in [5.41, 5.74) is 1.66. The number of carbonyl (C=O) groups is 2. The van der Waals surface area contributed by atoms with E-state index in [1.165, 1.54) is 0 Å². The van der Waals surface area contributed by atoms with Gasteiger partial charge in [-0.05, 0) is 43.3 Å². The minimum Gasteiger partial charge on any atom is -0.383 e. The Balaban J connectivity index is 1.99. The fourth-order valence-electron chi connectivity index (χ4n) is 2.36. The van der Waals surface area contributed by atoms with E-state index in [0.29, 0.717) is 28.6 Å². The van der Waals surface area contributed by atoms with Crippen molar-refractivity contribution < 1.29 is 14.3 Å². The van der Waals surface area contributed by atoms with Gasteiger partial charge in [0, 0.05) is 29.5 Å². The molecule has 7 heteroatoms. The first-order chi connectivity index (χ1) is 12.5. The second-order valence-corrected chi connectivity index (χ2v) is 6.22. The van der Waals surface area contributed by atoms with Gasteiger partial charge in [0.05, 0.1) is 18.7 Å². The van der Waals surface area contributed by atoms with Crippen LogP contribution in [0.1, 0.15) is 17.3 Å². The highest BCUT2D eigenvalue weighted by atomic mass is 35.5. The Hall–Kier alpha value is -2.57. The van der Waals surface area contributed by atoms with Gasteiger partial charge in [0.15, 0.2) is 0 Å². The average Bonchev–Trinajstić information content (AvgIpc) is 2.62. The Morgan fingerprint density at radius 3 is 2.50 bits per heavy atom. The van der Waals surface area contributed by atoms with Crippen molar-refractivity contribution >= 4 is 34.8 Å². The third-order valence-corrected chi connectivity index (χ3v) is 3.79. The molecular formula is C19H22ClN3O3. The van der Waals surface area contributed by atoms with Crippen molar-refractivity contribution in [2.24, 2.45) is 0 Å². The maximum absolute atomic E-state index is 12.5. The smallest absolute Gasteiger partial charge is 0.257 e. The molecule has 0 saturated carbocycles. The number of amides is 2. The first kappa shape index (κ1) is 19.8. The number of hydrogen-bond donors (Lipinski definition) is 3. The van der Waals surface area contributed by atoms with Gasteiger partial charge in [-0.25, -0.2) is 0 Å². The zero-order valence-corrected chi connectivity index (χ0v) is 15.5. The first-order valence-corrected chi connectivity index (χ1v) is 8.55. The van der Waals surface area contributed by atoms with Crippen LogP contribution in [0.15, 0.2) is 48.5 Å². The fraction of sp³-hybridized carbons (Fsp3) is 0.263. The Labute approximate surface area is 157 Å². The molecular weight excluding hydrogens is 354 g/mol. The zero-order chi connectivity index (χ0) is 18.9. The van der Waals surface area contributed by atoms with Gasteiger partial charge in [-0.2, -0.15) is 0 Å². The van der Waals surface area contributed by atoms with Crippen LogP contribution in [0.25, 0.3) is 0 Å². The van der Waals surface area contributed by atoms with E-state index in [0.717, 1.165) is 0 Å². The van der Waals surface area contributed by atoms with Crippen LogP contribution in [-0.4, -0.2) is 38.1 Å². The molecule has 0 radical (unpaired) electrons. The molecule has 0 spiro atoms. The lowest BCUT2D eigenvalue weighted by Gasteiger charge is -2.15. The van der Waals surface area contributed by atoms with E-state index < -0.39 is 0 Å². The average molecular weight is 376 g/mol. The van der Waals surface area contributed by atoms with Gasteiger partial charge >= 0.3 is 0 Å². The second-order valence-electron chi connectivity index (χ2n) is 5.78. The van der Waals surface area contributed by atoms with Crippen molar-refractivity contribution in [1.82, 2.24) is 5.32 Å². The summed E-state index contributed by atoms with van der Waals surface area (Å²) in [7, 11) is 1.58. The molecule has 3 N–H and O–H groups in total. The van der Waals surface area contributed by atoms with E-state index in [9.17, 15) is 9.59 Å². The van der Waals surface area contributed by atoms with Crippen LogP contribution in [-0.2, 0) is 9.53 Å². The van der Waals surface area contributed by atoms with E-state index in [2.05, 4.69) is 16.0 Å². The molecule has 138 valence electrons. The predicted molar refractivity (Wildman–Crippen MR) is 104 cm³/mol. The molecule has 1 atom stereocenters. The molecule has 2 rings (SSSR count). The minimum absolute atomic E-state index is 0.0549. The number of nitrogens with one attached hydrogen (secondary N) is 3. The molecule has 6 nitrogen and oxygen atoms in total. The second kappa shape index (κ2) is 9.79. The molecule has 2 amide bonds. The van der Waals surface area contributed by atoms with Crippen molar-refractivity contribution in [2.45, 2.75) is 13.0 Å². The van der Waals surface area contributed by atoms with Gasteiger partial charge in [0.1, 0.15) is 0 Å². The van der Waals surface area contributed by atoms with Crippen molar-refractivity contribution in [3.8, 4) is 0 Å². The number of methoxy groups -OCH3 is 1. The van der Waals surface area contributed by atoms with E-state index in [4.69, 9.17) is 16.3 Å². The number of halogens is 1. The highest BCUT2D eigenvalue weighted by molar-refractivity contribution is 6.30. The molecule has 26 heavy (non-hydrogen) atoms. The topological polar surface area (TPSA) is 79.5 Å². The quantitative estimate of drug-likeness (QED) is 0.662. The molecule has 0 saturated heterocycles. The number of ether oxygens (including phenoxy) is 1. The molecule has 0 fully saturated rings. The van der Waals surface area contributed by atoms with E-state index in [1.807, 2.05) is 6.92 Å². The summed E-state index contributed by atoms with van der Waals surface area (Å²) in [5.74, 6) is -0.453. The summed E-state index contributed by atoms with van der Waals surface area (Å²) in [5, 5.41) is 9.21. The van der Waals surface area contributed by atoms with Gasteiger partial charge in [-0.15, -0.1) is 0 Å². The van der Waals surface area contributed by atoms with Crippen molar-refractivity contribution in [3.05, 3.63) is 59.1 Å². The summed E-state index contributed by atoms with van der Waals surface area (Å²) in [6.07, 6.45) is 0. The van der Waals surface area contributed by atoms with Gasteiger partial charge in [-0.1, -0.05) is 23.7 Å². The maximum atomic E-state index is 12.5. The number of hydrogen-bond acceptors (Lipinski definition) is 4. The molecule has 0 aromatic heterocycles. The lowest BCUT2D eigenvalue weighted by atomic mass is 10.1. The molecule has 0 aliphatic rings. The number of benzene rings is 2. The summed E-state index contributed by atoms with van der Waals surface area (Å²) in [4.78, 5) is 24.5. The summed E-state index contributed by atoms with van der Waals surface area (Å²) < 4.78 is 4.99. The number of rotatable bonds is 8. The van der Waals surface area contributed by atoms with E-state index in [1.54, 1.807) is 55.6 Å². The predicted octanol–water partition coefficient (Wildman–Crippen LogP) is 3.16. The van der Waals surface area contributed by atoms with E-state index in [-0.39, 0.29) is 24.4 Å². The van der Waals surface area contributed by atoms with Crippen molar-refractivity contribution in [2.75, 3.05) is 30.9 Å². The third-order valence-electron chi connectivity index (χ3n) is 3.54. The SMILES string of the molecule is COCC(C)NC(=O)CNc1ccccc1C(=O)Nc1ccc(Cl)cc1. The van der Waals surface area contributed by atoms with E-state index >= 15 is 0 Å². The largest absolute Gasteiger partial charge is 0.383 e. The Morgan fingerprint density at radius 2 is 1.81 bits per heavy atom. The lowest BCUT2D eigenvalue weighted by Crippen LogP contribution is -2.39. The van der Waals surface area contributed by atoms with Crippen LogP contribution in [0.3, 0.4) is 0 Å². The Morgan fingerprint density at radius 1 is 1.12 bits per heavy atom. The third kappa shape index (κ3) is 6.06. The van der Waals surface area contributed by atoms with Crippen LogP contribution in [0.5, 0.6) is 0 Å². The number of para-hydroxylation sites is 1. The molecule has 0 aliphatic heterocycles. The van der Waals surface area contributed by atoms with Crippen LogP contribution in [0.2, 0.25) is 5.02 Å². The van der Waals surface area contributed by atoms with Crippen LogP contribution < -0.4 is 16.0 Å². The fourth-order valence-corrected chi connectivity index (χ4v) is 2.49. The van der Waals surface area contributed by atoms with Crippen molar-refractivity contribution in [1.29, 1.82) is 0 Å². The van der Waals surface area contributed by atoms with Gasteiger partial charge in [0.2, 0.25) is 5.91 Å². The first-order valence-electron chi connectivity index (χ1n) is 8.17. The van der Waals surface area contributed by atoms with Gasteiger partial charge in [0.25, 0.3) is 5.91 Å². The van der Waals surface area contributed by atoms with Crippen molar-refractivity contribution in [3.63, 3.8) is 0 Å². The Kier molecular flexibility index (Phi) is 7.44. The normalized spacial score (nSPS) is 11.5. The lowest BCUT2D eigenvalue weighted by molar-refractivity contribution is -0.120. The maximum Gasteiger partial charge on any atom is 0.257 e. The van der Waals surface area contributed by atoms with Crippen LogP contribution >= 0.6 is 11.6 Å². The van der Waals surface area contributed by atoms with Gasteiger partial charge in [-0.3, -0.25) is 9.59 Å². The summed E-state index contributed by atoms with van der Waals surface area (Å²) in [6, 6.07) is 13.8. The standard InChI is InChI=1S/C19H22ClN3O3/c1-13(12-26-2)22-18(24)11-21-17-6-4-3-5-16(17)19(25)23-15-9-7-14(20)8-10-15/h3-10,13,21H,11-12H2,1-2H3,(H,22,24)(H,23,25). The molecule has 2 aromatic rings. The number of anilines is 2. The zero-order valence-electron chi connectivity index (χ0n) is 14.7. The monoisotopic (exact) mass is 375 g/mol. The van der Waals surface area contributed by atoms with Crippen LogP contribution in [0, 0.1) is 0 Å². The number of carbonyl (C=O) groups excluding carboxylic acids is 2. The molecule has 0 aliphatic carbocycles. The minimum atomic E-state index is -0.274. The summed E-state index contributed by atoms with van der Waals surface area (Å²) >= 11 is 5.85. The highest BCUT2D eigenvalue weighted by Crippen LogP contribution is 2.18. The molecule has 2 aromatic carbocycles. The van der Waals surface area contributed by atoms with Crippen LogP contribution in [0.4, 0.5) is 11.4 Å². The Bertz CT molecular complexity index is 750. The molecule has 0 heterocycles. The van der Waals surface area contributed by atoms with Gasteiger partial charge < -0.3 is 20.7 Å².